The topological polar surface area (TPSA) is 51.2 Å². The highest BCUT2D eigenvalue weighted by atomic mass is 16.5. The lowest BCUT2D eigenvalue weighted by Crippen LogP contribution is -2.40. The molecule has 0 radical (unpaired) electrons. The van der Waals surface area contributed by atoms with Gasteiger partial charge in [0.25, 0.3) is 0 Å². The molecule has 1 fully saturated rings. The van der Waals surface area contributed by atoms with E-state index in [0.717, 1.165) is 47.9 Å². The van der Waals surface area contributed by atoms with Crippen LogP contribution in [-0.4, -0.2) is 56.6 Å². The second-order valence-corrected chi connectivity index (χ2v) is 8.95. The fourth-order valence-electron chi connectivity index (χ4n) is 4.67. The largest absolute Gasteiger partial charge is 0.493 e. The van der Waals surface area contributed by atoms with Crippen LogP contribution < -0.4 is 14.2 Å². The molecule has 0 heterocycles. The second-order valence-electron chi connectivity index (χ2n) is 8.95. The molecule has 3 rings (SSSR count). The van der Waals surface area contributed by atoms with Gasteiger partial charge < -0.3 is 24.2 Å². The maximum atomic E-state index is 10.7. The van der Waals surface area contributed by atoms with Gasteiger partial charge in [-0.3, -0.25) is 0 Å². The lowest BCUT2D eigenvalue weighted by molar-refractivity contribution is 0.0602. The highest BCUT2D eigenvalue weighted by Gasteiger charge is 2.20. The molecule has 32 heavy (non-hydrogen) atoms. The van der Waals surface area contributed by atoms with E-state index in [-0.39, 0.29) is 0 Å². The Morgan fingerprint density at radius 3 is 2.53 bits per heavy atom. The summed E-state index contributed by atoms with van der Waals surface area (Å²) in [5.41, 5.74) is 2.29. The summed E-state index contributed by atoms with van der Waals surface area (Å²) in [6.45, 7) is 4.83. The van der Waals surface area contributed by atoms with Crippen molar-refractivity contribution < 1.29 is 19.3 Å². The number of aliphatic hydroxyl groups is 1. The molecule has 2 aromatic carbocycles. The minimum absolute atomic E-state index is 0.299. The van der Waals surface area contributed by atoms with Gasteiger partial charge in [-0.2, -0.15) is 0 Å². The predicted octanol–water partition coefficient (Wildman–Crippen LogP) is 4.88. The molecule has 176 valence electrons. The fraction of sp³-hybridized carbons (Fsp3) is 0.556. The molecule has 0 aliphatic heterocycles. The zero-order chi connectivity index (χ0) is 22.8. The van der Waals surface area contributed by atoms with Crippen LogP contribution in [0.3, 0.4) is 0 Å². The summed E-state index contributed by atoms with van der Waals surface area (Å²) in [5.74, 6) is 3.08. The van der Waals surface area contributed by atoms with E-state index in [0.29, 0.717) is 19.1 Å². The highest BCUT2D eigenvalue weighted by Crippen LogP contribution is 2.31. The Balaban J connectivity index is 1.61. The van der Waals surface area contributed by atoms with Gasteiger partial charge in [-0.15, -0.1) is 0 Å². The molecule has 1 aliphatic carbocycles. The maximum Gasteiger partial charge on any atom is 0.163 e. The zero-order valence-electron chi connectivity index (χ0n) is 19.9. The van der Waals surface area contributed by atoms with E-state index in [1.165, 1.54) is 32.1 Å². The third kappa shape index (κ3) is 7.42. The third-order valence-electron chi connectivity index (χ3n) is 6.32. The van der Waals surface area contributed by atoms with Crippen molar-refractivity contribution in [3.8, 4) is 17.2 Å². The Morgan fingerprint density at radius 1 is 1.03 bits per heavy atom. The van der Waals surface area contributed by atoms with Crippen LogP contribution in [0.1, 0.15) is 43.2 Å². The molecule has 0 aromatic heterocycles. The number of benzene rings is 2. The summed E-state index contributed by atoms with van der Waals surface area (Å²) in [5, 5.41) is 10.7. The second kappa shape index (κ2) is 12.7. The normalized spacial score (nSPS) is 15.5. The smallest absolute Gasteiger partial charge is 0.163 e. The third-order valence-corrected chi connectivity index (χ3v) is 6.32. The molecule has 0 spiro atoms. The number of aryl methyl sites for hydroxylation is 1. The molecule has 1 atom stereocenters. The number of hydrogen-bond acceptors (Lipinski definition) is 5. The lowest BCUT2D eigenvalue weighted by Gasteiger charge is -2.31. The average Bonchev–Trinajstić information content (AvgIpc) is 2.81. The molecule has 1 N–H and O–H groups in total. The SMILES string of the molecule is COc1cccc(CCN(CC(O)COc2cccc(C)c2)CC2CCCCC2)c1OC. The number of methoxy groups -OCH3 is 2. The molecule has 1 saturated carbocycles. The number of ether oxygens (including phenoxy) is 3. The predicted molar refractivity (Wildman–Crippen MR) is 129 cm³/mol. The summed E-state index contributed by atoms with van der Waals surface area (Å²) in [6, 6.07) is 14.0. The van der Waals surface area contributed by atoms with E-state index in [1.807, 2.05) is 43.3 Å². The molecule has 2 aromatic rings. The first kappa shape index (κ1) is 24.4. The van der Waals surface area contributed by atoms with Crippen LogP contribution >= 0.6 is 0 Å². The van der Waals surface area contributed by atoms with Crippen LogP contribution in [0.4, 0.5) is 0 Å². The average molecular weight is 442 g/mol. The standard InChI is InChI=1S/C27H39NO4/c1-21-9-7-13-25(17-21)32-20-24(29)19-28(18-22-10-5-4-6-11-22)16-15-23-12-8-14-26(30-2)27(23)31-3/h7-9,12-14,17,22,24,29H,4-6,10-11,15-16,18-20H2,1-3H3. The van der Waals surface area contributed by atoms with E-state index in [9.17, 15) is 5.11 Å². The zero-order valence-corrected chi connectivity index (χ0v) is 19.9. The quantitative estimate of drug-likeness (QED) is 0.509. The molecule has 5 nitrogen and oxygen atoms in total. The van der Waals surface area contributed by atoms with Crippen LogP contribution in [0.5, 0.6) is 17.2 Å². The van der Waals surface area contributed by atoms with E-state index in [4.69, 9.17) is 14.2 Å². The Bertz CT molecular complexity index is 819. The van der Waals surface area contributed by atoms with Gasteiger partial charge in [0.05, 0.1) is 14.2 Å². The summed E-state index contributed by atoms with van der Waals surface area (Å²) in [6.07, 6.45) is 6.88. The first-order chi connectivity index (χ1) is 15.6. The summed E-state index contributed by atoms with van der Waals surface area (Å²) >= 11 is 0. The van der Waals surface area contributed by atoms with E-state index < -0.39 is 6.10 Å². The highest BCUT2D eigenvalue weighted by molar-refractivity contribution is 5.46. The first-order valence-corrected chi connectivity index (χ1v) is 11.9. The number of hydrogen-bond donors (Lipinski definition) is 1. The van der Waals surface area contributed by atoms with Crippen LogP contribution in [0.15, 0.2) is 42.5 Å². The number of rotatable bonds is 12. The molecule has 0 bridgehead atoms. The van der Waals surface area contributed by atoms with Crippen LogP contribution in [0.2, 0.25) is 0 Å². The Morgan fingerprint density at radius 2 is 1.81 bits per heavy atom. The Kier molecular flexibility index (Phi) is 9.69. The maximum absolute atomic E-state index is 10.7. The monoisotopic (exact) mass is 441 g/mol. The first-order valence-electron chi connectivity index (χ1n) is 11.9. The van der Waals surface area contributed by atoms with Gasteiger partial charge in [-0.25, -0.2) is 0 Å². The van der Waals surface area contributed by atoms with Crippen molar-refractivity contribution in [1.82, 2.24) is 4.90 Å². The summed E-state index contributed by atoms with van der Waals surface area (Å²) in [7, 11) is 3.36. The van der Waals surface area contributed by atoms with Crippen molar-refractivity contribution >= 4 is 0 Å². The number of nitrogens with zero attached hydrogens (tertiary/aromatic N) is 1. The molecule has 0 amide bonds. The lowest BCUT2D eigenvalue weighted by atomic mass is 9.89. The van der Waals surface area contributed by atoms with Gasteiger partial charge in [0.2, 0.25) is 0 Å². The van der Waals surface area contributed by atoms with Gasteiger partial charge in [0.15, 0.2) is 11.5 Å². The van der Waals surface area contributed by atoms with Gasteiger partial charge in [0, 0.05) is 19.6 Å². The molecule has 5 heteroatoms. The molecule has 1 unspecified atom stereocenters. The van der Waals surface area contributed by atoms with Crippen molar-refractivity contribution in [1.29, 1.82) is 0 Å². The van der Waals surface area contributed by atoms with Crippen LogP contribution in [-0.2, 0) is 6.42 Å². The van der Waals surface area contributed by atoms with Gasteiger partial charge >= 0.3 is 0 Å². The van der Waals surface area contributed by atoms with Crippen molar-refractivity contribution in [2.45, 2.75) is 51.6 Å². The van der Waals surface area contributed by atoms with Gasteiger partial charge in [-0.05, 0) is 61.4 Å². The van der Waals surface area contributed by atoms with E-state index in [2.05, 4.69) is 11.0 Å². The Labute approximate surface area is 193 Å². The molecule has 1 aliphatic rings. The van der Waals surface area contributed by atoms with Crippen molar-refractivity contribution in [3.05, 3.63) is 53.6 Å². The van der Waals surface area contributed by atoms with E-state index in [1.54, 1.807) is 14.2 Å². The summed E-state index contributed by atoms with van der Waals surface area (Å²) in [4.78, 5) is 2.40. The molecular formula is C27H39NO4. The molecule has 0 saturated heterocycles. The minimum atomic E-state index is -0.536. The molecular weight excluding hydrogens is 402 g/mol. The van der Waals surface area contributed by atoms with E-state index >= 15 is 0 Å². The van der Waals surface area contributed by atoms with Crippen molar-refractivity contribution in [2.75, 3.05) is 40.5 Å². The summed E-state index contributed by atoms with van der Waals surface area (Å²) < 4.78 is 16.9. The number of aliphatic hydroxyl groups excluding tert-OH is 1. The van der Waals surface area contributed by atoms with Crippen molar-refractivity contribution in [2.24, 2.45) is 5.92 Å². The van der Waals surface area contributed by atoms with Gasteiger partial charge in [0.1, 0.15) is 18.5 Å². The minimum Gasteiger partial charge on any atom is -0.493 e. The van der Waals surface area contributed by atoms with Crippen molar-refractivity contribution in [3.63, 3.8) is 0 Å². The Hall–Kier alpha value is -2.24. The fourth-order valence-corrected chi connectivity index (χ4v) is 4.67. The number of para-hydroxylation sites is 1. The van der Waals surface area contributed by atoms with Gasteiger partial charge in [-0.1, -0.05) is 43.5 Å². The van der Waals surface area contributed by atoms with Crippen LogP contribution in [0, 0.1) is 12.8 Å². The van der Waals surface area contributed by atoms with Crippen LogP contribution in [0.25, 0.3) is 0 Å².